The van der Waals surface area contributed by atoms with Gasteiger partial charge in [0.25, 0.3) is 0 Å². The molecule has 2 rings (SSSR count). The maximum absolute atomic E-state index is 4.51. The number of rotatable bonds is 1. The van der Waals surface area contributed by atoms with Crippen molar-refractivity contribution in [3.05, 3.63) is 29.2 Å². The minimum atomic E-state index is 0.459. The first-order valence-electron chi connectivity index (χ1n) is 4.91. The zero-order valence-corrected chi connectivity index (χ0v) is 9.07. The molecule has 2 heterocycles. The molecule has 3 nitrogen and oxygen atoms in total. The van der Waals surface area contributed by atoms with Gasteiger partial charge in [-0.2, -0.15) is 5.10 Å². The molecule has 0 unspecified atom stereocenters. The van der Waals surface area contributed by atoms with Crippen LogP contribution in [0.2, 0.25) is 0 Å². The summed E-state index contributed by atoms with van der Waals surface area (Å²) in [6.07, 6.45) is 1.97. The number of hydrogen-bond acceptors (Lipinski definition) is 2. The lowest BCUT2D eigenvalue weighted by molar-refractivity contribution is 0.760. The molecule has 0 bridgehead atoms. The fourth-order valence-corrected chi connectivity index (χ4v) is 1.55. The van der Waals surface area contributed by atoms with Crippen molar-refractivity contribution >= 4 is 5.65 Å². The Balaban J connectivity index is 2.71. The first-order chi connectivity index (χ1) is 6.58. The minimum absolute atomic E-state index is 0.459. The highest BCUT2D eigenvalue weighted by Gasteiger charge is 2.07. The van der Waals surface area contributed by atoms with Crippen LogP contribution in [0.5, 0.6) is 0 Å². The third kappa shape index (κ3) is 1.39. The van der Waals surface area contributed by atoms with Gasteiger partial charge in [0.1, 0.15) is 0 Å². The van der Waals surface area contributed by atoms with Crippen LogP contribution in [-0.2, 0) is 0 Å². The summed E-state index contributed by atoms with van der Waals surface area (Å²) in [4.78, 5) is 4.41. The van der Waals surface area contributed by atoms with Gasteiger partial charge in [-0.3, -0.25) is 0 Å². The zero-order valence-electron chi connectivity index (χ0n) is 9.07. The van der Waals surface area contributed by atoms with Crippen molar-refractivity contribution in [2.75, 3.05) is 0 Å². The van der Waals surface area contributed by atoms with Gasteiger partial charge < -0.3 is 0 Å². The molecular weight excluding hydrogens is 174 g/mol. The quantitative estimate of drug-likeness (QED) is 0.689. The lowest BCUT2D eigenvalue weighted by atomic mass is 10.1. The predicted molar refractivity (Wildman–Crippen MR) is 56.6 cm³/mol. The number of fused-ring (bicyclic) bond motifs is 1. The van der Waals surface area contributed by atoms with Crippen LogP contribution in [0.1, 0.15) is 36.7 Å². The average Bonchev–Trinajstić information content (AvgIpc) is 2.45. The van der Waals surface area contributed by atoms with Gasteiger partial charge in [-0.1, -0.05) is 13.8 Å². The molecule has 0 aliphatic rings. The van der Waals surface area contributed by atoms with E-state index in [1.165, 1.54) is 5.56 Å². The molecule has 0 saturated heterocycles. The standard InChI is InChI=1S/C11H15N3/c1-7(2)10-5-8(3)11-12-9(4)6-14(11)13-10/h5-7H,1-4H3. The summed E-state index contributed by atoms with van der Waals surface area (Å²) in [5, 5.41) is 4.51. The van der Waals surface area contributed by atoms with Crippen LogP contribution in [0.15, 0.2) is 12.3 Å². The molecular formula is C11H15N3. The largest absolute Gasteiger partial charge is 0.232 e. The molecule has 0 spiro atoms. The van der Waals surface area contributed by atoms with Gasteiger partial charge in [-0.05, 0) is 31.4 Å². The van der Waals surface area contributed by atoms with Crippen molar-refractivity contribution in [1.29, 1.82) is 0 Å². The molecule has 3 heteroatoms. The summed E-state index contributed by atoms with van der Waals surface area (Å²) in [7, 11) is 0. The molecule has 0 fully saturated rings. The summed E-state index contributed by atoms with van der Waals surface area (Å²) in [6.45, 7) is 8.37. The normalized spacial score (nSPS) is 11.5. The Morgan fingerprint density at radius 3 is 2.64 bits per heavy atom. The van der Waals surface area contributed by atoms with E-state index < -0.39 is 0 Å². The molecule has 14 heavy (non-hydrogen) atoms. The smallest absolute Gasteiger partial charge is 0.156 e. The highest BCUT2D eigenvalue weighted by atomic mass is 15.2. The number of aromatic nitrogens is 3. The second-order valence-corrected chi connectivity index (χ2v) is 4.06. The van der Waals surface area contributed by atoms with E-state index in [4.69, 9.17) is 0 Å². The monoisotopic (exact) mass is 189 g/mol. The molecule has 0 N–H and O–H groups in total. The summed E-state index contributed by atoms with van der Waals surface area (Å²) in [5.41, 5.74) is 4.29. The molecule has 0 aromatic carbocycles. The number of hydrogen-bond donors (Lipinski definition) is 0. The van der Waals surface area contributed by atoms with Gasteiger partial charge in [0.05, 0.1) is 17.6 Å². The summed E-state index contributed by atoms with van der Waals surface area (Å²) in [5.74, 6) is 0.459. The van der Waals surface area contributed by atoms with Crippen molar-refractivity contribution in [3.63, 3.8) is 0 Å². The average molecular weight is 189 g/mol. The molecule has 0 aliphatic heterocycles. The summed E-state index contributed by atoms with van der Waals surface area (Å²) < 4.78 is 1.88. The van der Waals surface area contributed by atoms with Gasteiger partial charge in [0, 0.05) is 0 Å². The van der Waals surface area contributed by atoms with Crippen molar-refractivity contribution in [2.24, 2.45) is 0 Å². The minimum Gasteiger partial charge on any atom is -0.232 e. The Bertz CT molecular complexity index is 469. The van der Waals surface area contributed by atoms with E-state index in [0.29, 0.717) is 5.92 Å². The Hall–Kier alpha value is -1.38. The van der Waals surface area contributed by atoms with Crippen molar-refractivity contribution in [3.8, 4) is 0 Å². The molecule has 0 amide bonds. The number of imidazole rings is 1. The maximum atomic E-state index is 4.51. The number of aryl methyl sites for hydroxylation is 2. The Morgan fingerprint density at radius 1 is 1.29 bits per heavy atom. The van der Waals surface area contributed by atoms with Gasteiger partial charge in [-0.25, -0.2) is 9.50 Å². The molecule has 2 aromatic rings. The predicted octanol–water partition coefficient (Wildman–Crippen LogP) is 2.47. The van der Waals surface area contributed by atoms with Crippen molar-refractivity contribution < 1.29 is 0 Å². The molecule has 0 radical (unpaired) electrons. The van der Waals surface area contributed by atoms with Gasteiger partial charge >= 0.3 is 0 Å². The Kier molecular flexibility index (Phi) is 2.02. The SMILES string of the molecule is Cc1cn2nc(C(C)C)cc(C)c2n1. The Labute approximate surface area is 83.8 Å². The molecule has 0 aliphatic carbocycles. The fourth-order valence-electron chi connectivity index (χ4n) is 1.55. The second kappa shape index (κ2) is 3.08. The fraction of sp³-hybridized carbons (Fsp3) is 0.455. The van der Waals surface area contributed by atoms with Crippen LogP contribution in [0.4, 0.5) is 0 Å². The lowest BCUT2D eigenvalue weighted by Crippen LogP contribution is -2.00. The Morgan fingerprint density at radius 2 is 2.00 bits per heavy atom. The van der Waals surface area contributed by atoms with E-state index in [1.54, 1.807) is 0 Å². The third-order valence-corrected chi connectivity index (χ3v) is 2.34. The molecule has 2 aromatic heterocycles. The molecule has 0 atom stereocenters. The maximum Gasteiger partial charge on any atom is 0.156 e. The topological polar surface area (TPSA) is 30.2 Å². The molecule has 0 saturated carbocycles. The van der Waals surface area contributed by atoms with E-state index in [-0.39, 0.29) is 0 Å². The second-order valence-electron chi connectivity index (χ2n) is 4.06. The zero-order chi connectivity index (χ0) is 10.3. The first kappa shape index (κ1) is 9.19. The van der Waals surface area contributed by atoms with Gasteiger partial charge in [0.15, 0.2) is 5.65 Å². The van der Waals surface area contributed by atoms with E-state index in [1.807, 2.05) is 17.6 Å². The van der Waals surface area contributed by atoms with E-state index in [2.05, 4.69) is 36.9 Å². The van der Waals surface area contributed by atoms with E-state index >= 15 is 0 Å². The van der Waals surface area contributed by atoms with E-state index in [9.17, 15) is 0 Å². The van der Waals surface area contributed by atoms with Crippen LogP contribution in [0, 0.1) is 13.8 Å². The van der Waals surface area contributed by atoms with Gasteiger partial charge in [-0.15, -0.1) is 0 Å². The lowest BCUT2D eigenvalue weighted by Gasteiger charge is -2.06. The van der Waals surface area contributed by atoms with Crippen LogP contribution >= 0.6 is 0 Å². The van der Waals surface area contributed by atoms with Gasteiger partial charge in [0.2, 0.25) is 0 Å². The first-order valence-corrected chi connectivity index (χ1v) is 4.91. The van der Waals surface area contributed by atoms with E-state index in [0.717, 1.165) is 17.0 Å². The van der Waals surface area contributed by atoms with Crippen molar-refractivity contribution in [2.45, 2.75) is 33.6 Å². The molecule has 74 valence electrons. The third-order valence-electron chi connectivity index (χ3n) is 2.34. The summed E-state index contributed by atoms with van der Waals surface area (Å²) in [6, 6.07) is 2.12. The van der Waals surface area contributed by atoms with Crippen LogP contribution in [-0.4, -0.2) is 14.6 Å². The van der Waals surface area contributed by atoms with Crippen LogP contribution in [0.3, 0.4) is 0 Å². The highest BCUT2D eigenvalue weighted by molar-refractivity contribution is 5.47. The van der Waals surface area contributed by atoms with Crippen LogP contribution in [0.25, 0.3) is 5.65 Å². The highest BCUT2D eigenvalue weighted by Crippen LogP contribution is 2.16. The van der Waals surface area contributed by atoms with Crippen molar-refractivity contribution in [1.82, 2.24) is 14.6 Å². The summed E-state index contributed by atoms with van der Waals surface area (Å²) >= 11 is 0. The number of nitrogens with zero attached hydrogens (tertiary/aromatic N) is 3. The van der Waals surface area contributed by atoms with Crippen LogP contribution < -0.4 is 0 Å².